The highest BCUT2D eigenvalue weighted by Crippen LogP contribution is 2.20. The highest BCUT2D eigenvalue weighted by molar-refractivity contribution is 5.00. The van der Waals surface area contributed by atoms with Gasteiger partial charge in [-0.2, -0.15) is 0 Å². The maximum Gasteiger partial charge on any atom is 0.0253 e. The molecule has 1 N–H and O–H groups in total. The SMILES string of the molecule is CC(C)=CCN1CC(C)(C)NCC1C(C)C. The molecule has 16 heavy (non-hydrogen) atoms. The highest BCUT2D eigenvalue weighted by Gasteiger charge is 2.33. The quantitative estimate of drug-likeness (QED) is 0.741. The Morgan fingerprint density at radius 3 is 2.56 bits per heavy atom. The van der Waals surface area contributed by atoms with Crippen molar-refractivity contribution in [2.24, 2.45) is 5.92 Å². The maximum atomic E-state index is 3.65. The van der Waals surface area contributed by atoms with Crippen molar-refractivity contribution >= 4 is 0 Å². The molecule has 0 aromatic rings. The number of nitrogens with zero attached hydrogens (tertiary/aromatic N) is 1. The van der Waals surface area contributed by atoms with Gasteiger partial charge in [0.15, 0.2) is 0 Å². The van der Waals surface area contributed by atoms with Crippen molar-refractivity contribution in [1.29, 1.82) is 0 Å². The molecule has 2 nitrogen and oxygen atoms in total. The van der Waals surface area contributed by atoms with Crippen LogP contribution in [0.25, 0.3) is 0 Å². The zero-order valence-electron chi connectivity index (χ0n) is 11.8. The zero-order chi connectivity index (χ0) is 12.3. The van der Waals surface area contributed by atoms with Crippen molar-refractivity contribution in [2.75, 3.05) is 19.6 Å². The van der Waals surface area contributed by atoms with E-state index in [-0.39, 0.29) is 5.54 Å². The van der Waals surface area contributed by atoms with Gasteiger partial charge in [-0.05, 0) is 33.6 Å². The first kappa shape index (κ1) is 13.7. The third-order valence-corrected chi connectivity index (χ3v) is 3.36. The van der Waals surface area contributed by atoms with Crippen molar-refractivity contribution in [3.63, 3.8) is 0 Å². The van der Waals surface area contributed by atoms with E-state index in [1.54, 1.807) is 0 Å². The number of rotatable bonds is 3. The van der Waals surface area contributed by atoms with E-state index in [1.807, 2.05) is 0 Å². The summed E-state index contributed by atoms with van der Waals surface area (Å²) < 4.78 is 0. The molecule has 1 atom stereocenters. The summed E-state index contributed by atoms with van der Waals surface area (Å²) in [6.07, 6.45) is 2.34. The second-order valence-electron chi connectivity index (χ2n) is 6.29. The average molecular weight is 224 g/mol. The lowest BCUT2D eigenvalue weighted by Gasteiger charge is -2.46. The molecule has 0 aliphatic carbocycles. The first-order valence-electron chi connectivity index (χ1n) is 6.44. The van der Waals surface area contributed by atoms with Gasteiger partial charge in [0.1, 0.15) is 0 Å². The molecule has 1 heterocycles. The second-order valence-corrected chi connectivity index (χ2v) is 6.29. The Balaban J connectivity index is 2.68. The summed E-state index contributed by atoms with van der Waals surface area (Å²) in [5, 5.41) is 3.65. The molecule has 94 valence electrons. The number of allylic oxidation sites excluding steroid dienone is 1. The Morgan fingerprint density at radius 2 is 2.06 bits per heavy atom. The second kappa shape index (κ2) is 5.33. The predicted molar refractivity (Wildman–Crippen MR) is 71.7 cm³/mol. The van der Waals surface area contributed by atoms with Crippen LogP contribution in [-0.4, -0.2) is 36.1 Å². The average Bonchev–Trinajstić information content (AvgIpc) is 2.12. The van der Waals surface area contributed by atoms with Crippen LogP contribution in [0.1, 0.15) is 41.5 Å². The third kappa shape index (κ3) is 3.91. The van der Waals surface area contributed by atoms with Gasteiger partial charge < -0.3 is 5.32 Å². The molecule has 0 saturated carbocycles. The van der Waals surface area contributed by atoms with Gasteiger partial charge in [-0.15, -0.1) is 0 Å². The summed E-state index contributed by atoms with van der Waals surface area (Å²) in [7, 11) is 0. The molecule has 1 aliphatic heterocycles. The largest absolute Gasteiger partial charge is 0.309 e. The number of piperazine rings is 1. The molecule has 1 aliphatic rings. The minimum atomic E-state index is 0.251. The Hall–Kier alpha value is -0.340. The van der Waals surface area contributed by atoms with Gasteiger partial charge in [0.2, 0.25) is 0 Å². The standard InChI is InChI=1S/C14H28N2/c1-11(2)7-8-16-10-14(5,6)15-9-13(16)12(3)4/h7,12-13,15H,8-10H2,1-6H3. The fourth-order valence-corrected chi connectivity index (χ4v) is 2.35. The molecule has 0 bridgehead atoms. The lowest BCUT2D eigenvalue weighted by atomic mass is 9.93. The Morgan fingerprint density at radius 1 is 1.44 bits per heavy atom. The molecule has 0 amide bonds. The van der Waals surface area contributed by atoms with Crippen LogP contribution in [0.5, 0.6) is 0 Å². The molecule has 1 saturated heterocycles. The molecular weight excluding hydrogens is 196 g/mol. The lowest BCUT2D eigenvalue weighted by Crippen LogP contribution is -2.62. The zero-order valence-corrected chi connectivity index (χ0v) is 11.8. The van der Waals surface area contributed by atoms with E-state index in [0.29, 0.717) is 12.0 Å². The van der Waals surface area contributed by atoms with Crippen LogP contribution in [0, 0.1) is 5.92 Å². The normalized spacial score (nSPS) is 25.8. The van der Waals surface area contributed by atoms with Crippen molar-refractivity contribution in [1.82, 2.24) is 10.2 Å². The molecule has 0 spiro atoms. The molecule has 1 rings (SSSR count). The van der Waals surface area contributed by atoms with Crippen LogP contribution < -0.4 is 5.32 Å². The van der Waals surface area contributed by atoms with Gasteiger partial charge in [-0.25, -0.2) is 0 Å². The van der Waals surface area contributed by atoms with Crippen LogP contribution in [0.15, 0.2) is 11.6 Å². The number of nitrogens with one attached hydrogen (secondary N) is 1. The molecule has 1 unspecified atom stereocenters. The summed E-state index contributed by atoms with van der Waals surface area (Å²) in [6, 6.07) is 0.670. The van der Waals surface area contributed by atoms with Crippen molar-refractivity contribution in [3.05, 3.63) is 11.6 Å². The molecule has 1 fully saturated rings. The Kier molecular flexibility index (Phi) is 4.57. The molecule has 0 aromatic heterocycles. The molecular formula is C14H28N2. The summed E-state index contributed by atoms with van der Waals surface area (Å²) >= 11 is 0. The first-order chi connectivity index (χ1) is 7.32. The van der Waals surface area contributed by atoms with Gasteiger partial charge >= 0.3 is 0 Å². The van der Waals surface area contributed by atoms with E-state index >= 15 is 0 Å². The molecule has 2 heteroatoms. The van der Waals surface area contributed by atoms with Crippen LogP contribution in [0.3, 0.4) is 0 Å². The first-order valence-corrected chi connectivity index (χ1v) is 6.44. The smallest absolute Gasteiger partial charge is 0.0253 e. The fourth-order valence-electron chi connectivity index (χ4n) is 2.35. The maximum absolute atomic E-state index is 3.65. The van der Waals surface area contributed by atoms with E-state index < -0.39 is 0 Å². The van der Waals surface area contributed by atoms with Gasteiger partial charge in [0.25, 0.3) is 0 Å². The topological polar surface area (TPSA) is 15.3 Å². The van der Waals surface area contributed by atoms with Crippen LogP contribution in [0.2, 0.25) is 0 Å². The van der Waals surface area contributed by atoms with Gasteiger partial charge in [-0.1, -0.05) is 25.5 Å². The van der Waals surface area contributed by atoms with Gasteiger partial charge in [0.05, 0.1) is 0 Å². The van der Waals surface area contributed by atoms with E-state index in [0.717, 1.165) is 19.6 Å². The minimum Gasteiger partial charge on any atom is -0.309 e. The fraction of sp³-hybridized carbons (Fsp3) is 0.857. The minimum absolute atomic E-state index is 0.251. The summed E-state index contributed by atoms with van der Waals surface area (Å²) in [4.78, 5) is 2.62. The number of hydrogen-bond acceptors (Lipinski definition) is 2. The molecule has 0 aromatic carbocycles. The van der Waals surface area contributed by atoms with E-state index in [2.05, 4.69) is 57.8 Å². The summed E-state index contributed by atoms with van der Waals surface area (Å²) in [5.74, 6) is 0.717. The van der Waals surface area contributed by atoms with Crippen LogP contribution in [-0.2, 0) is 0 Å². The van der Waals surface area contributed by atoms with E-state index in [4.69, 9.17) is 0 Å². The van der Waals surface area contributed by atoms with E-state index in [9.17, 15) is 0 Å². The lowest BCUT2D eigenvalue weighted by molar-refractivity contribution is 0.0803. The summed E-state index contributed by atoms with van der Waals surface area (Å²) in [5.41, 5.74) is 1.67. The monoisotopic (exact) mass is 224 g/mol. The Labute approximate surface area is 101 Å². The molecule has 0 radical (unpaired) electrons. The number of hydrogen-bond donors (Lipinski definition) is 1. The predicted octanol–water partition coefficient (Wildman–Crippen LogP) is 2.66. The van der Waals surface area contributed by atoms with Crippen molar-refractivity contribution < 1.29 is 0 Å². The van der Waals surface area contributed by atoms with Crippen LogP contribution >= 0.6 is 0 Å². The third-order valence-electron chi connectivity index (χ3n) is 3.36. The van der Waals surface area contributed by atoms with Crippen molar-refractivity contribution in [2.45, 2.75) is 53.1 Å². The van der Waals surface area contributed by atoms with Gasteiger partial charge in [0, 0.05) is 31.2 Å². The Bertz CT molecular complexity index is 249. The van der Waals surface area contributed by atoms with E-state index in [1.165, 1.54) is 5.57 Å². The highest BCUT2D eigenvalue weighted by atomic mass is 15.2. The van der Waals surface area contributed by atoms with Crippen molar-refractivity contribution in [3.8, 4) is 0 Å². The van der Waals surface area contributed by atoms with Gasteiger partial charge in [-0.3, -0.25) is 4.90 Å². The van der Waals surface area contributed by atoms with Crippen LogP contribution in [0.4, 0.5) is 0 Å². The summed E-state index contributed by atoms with van der Waals surface area (Å²) in [6.45, 7) is 16.9.